The fourth-order valence-corrected chi connectivity index (χ4v) is 10.9. The van der Waals surface area contributed by atoms with Crippen LogP contribution in [0.3, 0.4) is 0 Å². The number of fused-ring (bicyclic) bond motifs is 6. The standard InChI is InChI=1S/C60H40N2S/c1-3-19-41(20-4-1)45-23-7-8-24-47(45)48-25-9-10-26-49(48)50-27-11-14-32-54(50)62(57-35-18-31-52-51-28-13-16-36-58(51)63-60(52)57)44-39-37-42(38-40-44)46-30-17-34-56-59(46)53-29-12-15-33-55(53)61(56)43-21-5-2-6-22-43/h1-40H. The first-order chi connectivity index (χ1) is 31.3. The van der Waals surface area contributed by atoms with Crippen molar-refractivity contribution in [1.82, 2.24) is 4.57 Å². The van der Waals surface area contributed by atoms with Crippen LogP contribution in [0.2, 0.25) is 0 Å². The van der Waals surface area contributed by atoms with Crippen LogP contribution >= 0.6 is 11.3 Å². The highest BCUT2D eigenvalue weighted by molar-refractivity contribution is 7.26. The Kier molecular flexibility index (Phi) is 9.06. The van der Waals surface area contributed by atoms with Gasteiger partial charge in [0.2, 0.25) is 0 Å². The van der Waals surface area contributed by atoms with Crippen LogP contribution in [-0.4, -0.2) is 4.57 Å². The Morgan fingerprint density at radius 1 is 0.317 bits per heavy atom. The van der Waals surface area contributed by atoms with Gasteiger partial charge in [-0.1, -0.05) is 188 Å². The maximum absolute atomic E-state index is 2.48. The van der Waals surface area contributed by atoms with Crippen LogP contribution in [0.1, 0.15) is 0 Å². The lowest BCUT2D eigenvalue weighted by Gasteiger charge is -2.29. The molecular weight excluding hydrogens is 781 g/mol. The summed E-state index contributed by atoms with van der Waals surface area (Å²) in [5, 5.41) is 5.06. The van der Waals surface area contributed by atoms with Gasteiger partial charge >= 0.3 is 0 Å². The Balaban J connectivity index is 1.06. The molecule has 10 aromatic carbocycles. The summed E-state index contributed by atoms with van der Waals surface area (Å²) in [5.74, 6) is 0. The molecule has 0 saturated heterocycles. The minimum atomic E-state index is 1.09. The number of hydrogen-bond donors (Lipinski definition) is 0. The number of nitrogens with zero attached hydrogens (tertiary/aromatic N) is 2. The van der Waals surface area contributed by atoms with Crippen molar-refractivity contribution in [2.24, 2.45) is 0 Å². The first-order valence-electron chi connectivity index (χ1n) is 21.5. The van der Waals surface area contributed by atoms with Crippen molar-refractivity contribution in [3.63, 3.8) is 0 Å². The van der Waals surface area contributed by atoms with Gasteiger partial charge in [-0.05, 0) is 93.5 Å². The van der Waals surface area contributed by atoms with Gasteiger partial charge in [-0.2, -0.15) is 0 Å². The zero-order chi connectivity index (χ0) is 41.7. The fourth-order valence-electron chi connectivity index (χ4n) is 9.66. The molecule has 12 aromatic rings. The highest BCUT2D eigenvalue weighted by atomic mass is 32.1. The number of anilines is 3. The smallest absolute Gasteiger partial charge is 0.0640 e. The molecule has 0 saturated carbocycles. The average Bonchev–Trinajstić information content (AvgIpc) is 3.92. The van der Waals surface area contributed by atoms with Crippen LogP contribution in [0.15, 0.2) is 243 Å². The van der Waals surface area contributed by atoms with Crippen LogP contribution in [0.25, 0.3) is 92.2 Å². The molecule has 0 N–H and O–H groups in total. The molecule has 2 heterocycles. The minimum Gasteiger partial charge on any atom is -0.309 e. The molecular formula is C60H40N2S. The van der Waals surface area contributed by atoms with Gasteiger partial charge in [-0.15, -0.1) is 11.3 Å². The molecule has 0 bridgehead atoms. The molecule has 3 heteroatoms. The van der Waals surface area contributed by atoms with Crippen LogP contribution in [-0.2, 0) is 0 Å². The highest BCUT2D eigenvalue weighted by Crippen LogP contribution is 2.49. The van der Waals surface area contributed by atoms with Gasteiger partial charge in [0, 0.05) is 43.2 Å². The van der Waals surface area contributed by atoms with Crippen molar-refractivity contribution in [2.75, 3.05) is 4.90 Å². The van der Waals surface area contributed by atoms with E-state index in [4.69, 9.17) is 0 Å². The van der Waals surface area contributed by atoms with E-state index in [9.17, 15) is 0 Å². The van der Waals surface area contributed by atoms with Crippen molar-refractivity contribution in [1.29, 1.82) is 0 Å². The molecule has 0 atom stereocenters. The quantitative estimate of drug-likeness (QED) is 0.148. The van der Waals surface area contributed by atoms with E-state index >= 15 is 0 Å². The summed E-state index contributed by atoms with van der Waals surface area (Å²) >= 11 is 1.87. The number of hydrogen-bond acceptors (Lipinski definition) is 2. The maximum Gasteiger partial charge on any atom is 0.0640 e. The van der Waals surface area contributed by atoms with Gasteiger partial charge in [-0.25, -0.2) is 0 Å². The number of rotatable bonds is 8. The fraction of sp³-hybridized carbons (Fsp3) is 0. The molecule has 12 rings (SSSR count). The SMILES string of the molecule is c1ccc(-c2ccccc2-c2ccccc2-c2ccccc2N(c2ccc(-c3cccc4c3c3ccccc3n4-c3ccccc3)cc2)c2cccc3c2sc2ccccc23)cc1. The summed E-state index contributed by atoms with van der Waals surface area (Å²) in [5.41, 5.74) is 16.5. The second kappa shape index (κ2) is 15.5. The van der Waals surface area contributed by atoms with E-state index in [0.717, 1.165) is 28.3 Å². The first kappa shape index (κ1) is 36.8. The van der Waals surface area contributed by atoms with E-state index in [1.54, 1.807) is 0 Å². The Morgan fingerprint density at radius 2 is 0.825 bits per heavy atom. The zero-order valence-electron chi connectivity index (χ0n) is 34.4. The monoisotopic (exact) mass is 820 g/mol. The van der Waals surface area contributed by atoms with Crippen LogP contribution in [0.4, 0.5) is 17.1 Å². The zero-order valence-corrected chi connectivity index (χ0v) is 35.2. The number of para-hydroxylation sites is 3. The lowest BCUT2D eigenvalue weighted by atomic mass is 9.88. The third-order valence-electron chi connectivity index (χ3n) is 12.4. The molecule has 0 spiro atoms. The molecule has 0 fully saturated rings. The lowest BCUT2D eigenvalue weighted by Crippen LogP contribution is -2.11. The molecule has 0 radical (unpaired) electrons. The summed E-state index contributed by atoms with van der Waals surface area (Å²) in [6, 6.07) is 88.3. The van der Waals surface area contributed by atoms with Gasteiger partial charge < -0.3 is 9.47 Å². The summed E-state index contributed by atoms with van der Waals surface area (Å²) in [6.07, 6.45) is 0. The van der Waals surface area contributed by atoms with Crippen molar-refractivity contribution in [3.8, 4) is 50.2 Å². The second-order valence-electron chi connectivity index (χ2n) is 16.0. The topological polar surface area (TPSA) is 8.17 Å². The van der Waals surface area contributed by atoms with Crippen LogP contribution in [0, 0.1) is 0 Å². The summed E-state index contributed by atoms with van der Waals surface area (Å²) in [7, 11) is 0. The Hall–Kier alpha value is -7.98. The summed E-state index contributed by atoms with van der Waals surface area (Å²) in [4.78, 5) is 2.48. The Morgan fingerprint density at radius 3 is 1.60 bits per heavy atom. The normalized spacial score (nSPS) is 11.5. The van der Waals surface area contributed by atoms with E-state index in [0.29, 0.717) is 0 Å². The molecule has 2 nitrogen and oxygen atoms in total. The number of thiophene rings is 1. The molecule has 63 heavy (non-hydrogen) atoms. The van der Waals surface area contributed by atoms with Gasteiger partial charge in [0.25, 0.3) is 0 Å². The molecule has 0 aliphatic heterocycles. The number of benzene rings is 10. The lowest BCUT2D eigenvalue weighted by molar-refractivity contribution is 1.18. The van der Waals surface area contributed by atoms with Crippen molar-refractivity contribution in [3.05, 3.63) is 243 Å². The molecule has 0 aliphatic rings. The Labute approximate surface area is 370 Å². The minimum absolute atomic E-state index is 1.09. The predicted molar refractivity (Wildman–Crippen MR) is 270 cm³/mol. The molecule has 2 aromatic heterocycles. The summed E-state index contributed by atoms with van der Waals surface area (Å²) < 4.78 is 4.94. The first-order valence-corrected chi connectivity index (χ1v) is 22.3. The van der Waals surface area contributed by atoms with E-state index in [2.05, 4.69) is 252 Å². The average molecular weight is 821 g/mol. The highest BCUT2D eigenvalue weighted by Gasteiger charge is 2.23. The van der Waals surface area contributed by atoms with Crippen molar-refractivity contribution >= 4 is 70.4 Å². The molecule has 296 valence electrons. The van der Waals surface area contributed by atoms with Crippen LogP contribution < -0.4 is 4.90 Å². The predicted octanol–water partition coefficient (Wildman–Crippen LogP) is 17.3. The molecule has 0 amide bonds. The molecule has 0 aliphatic carbocycles. The summed E-state index contributed by atoms with van der Waals surface area (Å²) in [6.45, 7) is 0. The molecule has 0 unspecified atom stereocenters. The van der Waals surface area contributed by atoms with Gasteiger partial charge in [-0.3, -0.25) is 0 Å². The number of aromatic nitrogens is 1. The van der Waals surface area contributed by atoms with Crippen molar-refractivity contribution in [2.45, 2.75) is 0 Å². The van der Waals surface area contributed by atoms with E-state index < -0.39 is 0 Å². The second-order valence-corrected chi connectivity index (χ2v) is 17.0. The van der Waals surface area contributed by atoms with Gasteiger partial charge in [0.05, 0.1) is 27.1 Å². The third-order valence-corrected chi connectivity index (χ3v) is 13.6. The van der Waals surface area contributed by atoms with E-state index in [-0.39, 0.29) is 0 Å². The maximum atomic E-state index is 2.48. The Bertz CT molecular complexity index is 3620. The van der Waals surface area contributed by atoms with Crippen LogP contribution in [0.5, 0.6) is 0 Å². The third kappa shape index (κ3) is 6.24. The largest absolute Gasteiger partial charge is 0.309 e. The van der Waals surface area contributed by atoms with Gasteiger partial charge in [0.15, 0.2) is 0 Å². The van der Waals surface area contributed by atoms with E-state index in [1.807, 2.05) is 11.3 Å². The van der Waals surface area contributed by atoms with E-state index in [1.165, 1.54) is 80.9 Å². The van der Waals surface area contributed by atoms with Gasteiger partial charge in [0.1, 0.15) is 0 Å². The van der Waals surface area contributed by atoms with Crippen molar-refractivity contribution < 1.29 is 0 Å².